The molecule has 1 aromatic rings. The zero-order valence-electron chi connectivity index (χ0n) is 6.61. The van der Waals surface area contributed by atoms with Crippen molar-refractivity contribution < 1.29 is 14.6 Å². The van der Waals surface area contributed by atoms with Crippen LogP contribution in [0.1, 0.15) is 6.92 Å². The lowest BCUT2D eigenvalue weighted by Gasteiger charge is -2.03. The van der Waals surface area contributed by atoms with Crippen LogP contribution in [0.25, 0.3) is 0 Å². The molecule has 2 N–H and O–H groups in total. The average molecular weight is 167 g/mol. The van der Waals surface area contributed by atoms with E-state index >= 15 is 0 Å². The van der Waals surface area contributed by atoms with E-state index in [1.807, 2.05) is 0 Å². The molecular weight excluding hydrogens is 158 g/mol. The minimum Gasteiger partial charge on any atom is -0.396 e. The molecular formula is C8H9NO3. The molecule has 0 bridgehead atoms. The zero-order valence-corrected chi connectivity index (χ0v) is 6.61. The van der Waals surface area contributed by atoms with Gasteiger partial charge in [-0.3, -0.25) is 9.78 Å². The van der Waals surface area contributed by atoms with Crippen LogP contribution in [0, 0.1) is 0 Å². The Kier molecular flexibility index (Phi) is 2.53. The molecule has 0 amide bonds. The maximum Gasteiger partial charge on any atom is 0.352 e. The number of benzene rings is 1. The van der Waals surface area contributed by atoms with E-state index < -0.39 is 5.97 Å². The van der Waals surface area contributed by atoms with Gasteiger partial charge in [-0.25, -0.2) is 4.79 Å². The summed E-state index contributed by atoms with van der Waals surface area (Å²) in [5, 5.41) is 0. The number of rotatable bonds is 2. The van der Waals surface area contributed by atoms with E-state index in [1.54, 1.807) is 24.3 Å². The number of nitrogen functional groups attached to an aromatic ring is 1. The molecule has 0 fully saturated rings. The predicted molar refractivity (Wildman–Crippen MR) is 43.2 cm³/mol. The Morgan fingerprint density at radius 1 is 1.42 bits per heavy atom. The van der Waals surface area contributed by atoms with Crippen LogP contribution in [0.2, 0.25) is 0 Å². The normalized spacial score (nSPS) is 9.08. The van der Waals surface area contributed by atoms with Crippen LogP contribution in [0.5, 0.6) is 5.75 Å². The molecule has 1 aromatic carbocycles. The van der Waals surface area contributed by atoms with E-state index in [1.165, 1.54) is 6.92 Å². The fourth-order valence-electron chi connectivity index (χ4n) is 0.660. The molecule has 0 saturated carbocycles. The molecule has 0 heterocycles. The summed E-state index contributed by atoms with van der Waals surface area (Å²) >= 11 is 0. The second kappa shape index (κ2) is 3.61. The largest absolute Gasteiger partial charge is 0.396 e. The fraction of sp³-hybridized carbons (Fsp3) is 0.125. The standard InChI is InChI=1S/C8H9NO3/c1-6(10)11-12-8-5-3-2-4-7(8)9/h2-5H,9H2,1H3. The molecule has 12 heavy (non-hydrogen) atoms. The number of carbonyl (C=O) groups excluding carboxylic acids is 1. The Hall–Kier alpha value is -1.71. The van der Waals surface area contributed by atoms with Crippen LogP contribution in [0.3, 0.4) is 0 Å². The first-order valence-electron chi connectivity index (χ1n) is 3.40. The highest BCUT2D eigenvalue weighted by atomic mass is 17.2. The van der Waals surface area contributed by atoms with Crippen molar-refractivity contribution in [3.63, 3.8) is 0 Å². The third-order valence-corrected chi connectivity index (χ3v) is 1.17. The topological polar surface area (TPSA) is 61.5 Å². The van der Waals surface area contributed by atoms with E-state index in [0.717, 1.165) is 0 Å². The average Bonchev–Trinajstić information content (AvgIpc) is 2.03. The zero-order chi connectivity index (χ0) is 8.97. The third-order valence-electron chi connectivity index (χ3n) is 1.17. The van der Waals surface area contributed by atoms with E-state index in [4.69, 9.17) is 5.73 Å². The molecule has 0 aromatic heterocycles. The number of anilines is 1. The van der Waals surface area contributed by atoms with Crippen LogP contribution < -0.4 is 10.6 Å². The van der Waals surface area contributed by atoms with Crippen molar-refractivity contribution in [1.29, 1.82) is 0 Å². The number of hydrogen-bond acceptors (Lipinski definition) is 4. The summed E-state index contributed by atoms with van der Waals surface area (Å²) in [6.07, 6.45) is 0. The SMILES string of the molecule is CC(=O)OOc1ccccc1N. The second-order valence-electron chi connectivity index (χ2n) is 2.20. The first-order valence-corrected chi connectivity index (χ1v) is 3.40. The minimum atomic E-state index is -0.516. The minimum absolute atomic E-state index is 0.340. The monoisotopic (exact) mass is 167 g/mol. The summed E-state index contributed by atoms with van der Waals surface area (Å²) in [5.41, 5.74) is 5.92. The van der Waals surface area contributed by atoms with E-state index in [9.17, 15) is 4.79 Å². The lowest BCUT2D eigenvalue weighted by Crippen LogP contribution is -2.04. The van der Waals surface area contributed by atoms with Gasteiger partial charge in [0, 0.05) is 6.92 Å². The number of hydrogen-bond donors (Lipinski definition) is 1. The molecule has 64 valence electrons. The number of nitrogens with two attached hydrogens (primary N) is 1. The fourth-order valence-corrected chi connectivity index (χ4v) is 0.660. The summed E-state index contributed by atoms with van der Waals surface area (Å²) in [7, 11) is 0. The van der Waals surface area contributed by atoms with Crippen molar-refractivity contribution in [2.45, 2.75) is 6.92 Å². The van der Waals surface area contributed by atoms with Crippen LogP contribution in [0.4, 0.5) is 5.69 Å². The van der Waals surface area contributed by atoms with Gasteiger partial charge in [0.1, 0.15) is 0 Å². The summed E-state index contributed by atoms with van der Waals surface area (Å²) in [6, 6.07) is 6.75. The maximum atomic E-state index is 10.3. The molecule has 4 nitrogen and oxygen atoms in total. The second-order valence-corrected chi connectivity index (χ2v) is 2.20. The van der Waals surface area contributed by atoms with Gasteiger partial charge in [-0.2, -0.15) is 0 Å². The highest BCUT2D eigenvalue weighted by molar-refractivity contribution is 5.65. The highest BCUT2D eigenvalue weighted by Gasteiger charge is 2.00. The Morgan fingerprint density at radius 3 is 2.67 bits per heavy atom. The van der Waals surface area contributed by atoms with Crippen molar-refractivity contribution in [3.8, 4) is 5.75 Å². The van der Waals surface area contributed by atoms with Gasteiger partial charge in [-0.05, 0) is 12.1 Å². The Balaban J connectivity index is 2.63. The lowest BCUT2D eigenvalue weighted by atomic mass is 10.3. The van der Waals surface area contributed by atoms with Gasteiger partial charge in [-0.1, -0.05) is 12.1 Å². The van der Waals surface area contributed by atoms with Gasteiger partial charge >= 0.3 is 5.97 Å². The molecule has 0 atom stereocenters. The Labute approximate surface area is 69.8 Å². The lowest BCUT2D eigenvalue weighted by molar-refractivity contribution is -0.210. The van der Waals surface area contributed by atoms with Gasteiger partial charge < -0.3 is 5.73 Å². The third kappa shape index (κ3) is 2.16. The van der Waals surface area contributed by atoms with E-state index in [0.29, 0.717) is 11.4 Å². The first kappa shape index (κ1) is 8.39. The quantitative estimate of drug-likeness (QED) is 0.407. The summed E-state index contributed by atoms with van der Waals surface area (Å²) in [5.74, 6) is -0.175. The van der Waals surface area contributed by atoms with Gasteiger partial charge in [-0.15, -0.1) is 0 Å². The molecule has 0 radical (unpaired) electrons. The molecule has 0 aliphatic rings. The van der Waals surface area contributed by atoms with Gasteiger partial charge in [0.15, 0.2) is 0 Å². The Morgan fingerprint density at radius 2 is 2.08 bits per heavy atom. The molecule has 0 unspecified atom stereocenters. The van der Waals surface area contributed by atoms with Gasteiger partial charge in [0.25, 0.3) is 0 Å². The van der Waals surface area contributed by atoms with Crippen molar-refractivity contribution >= 4 is 11.7 Å². The molecule has 1 rings (SSSR count). The van der Waals surface area contributed by atoms with Crippen molar-refractivity contribution in [2.75, 3.05) is 5.73 Å². The molecule has 0 saturated heterocycles. The smallest absolute Gasteiger partial charge is 0.352 e. The molecule has 4 heteroatoms. The number of carbonyl (C=O) groups is 1. The van der Waals surface area contributed by atoms with Crippen LogP contribution in [-0.2, 0) is 9.68 Å². The van der Waals surface area contributed by atoms with Crippen LogP contribution in [-0.4, -0.2) is 5.97 Å². The summed E-state index contributed by atoms with van der Waals surface area (Å²) < 4.78 is 0. The first-order chi connectivity index (χ1) is 5.70. The van der Waals surface area contributed by atoms with Crippen molar-refractivity contribution in [2.24, 2.45) is 0 Å². The molecule has 0 spiro atoms. The van der Waals surface area contributed by atoms with Gasteiger partial charge in [0.05, 0.1) is 5.69 Å². The van der Waals surface area contributed by atoms with E-state index in [-0.39, 0.29) is 0 Å². The molecule has 0 aliphatic heterocycles. The van der Waals surface area contributed by atoms with E-state index in [2.05, 4.69) is 9.78 Å². The summed E-state index contributed by atoms with van der Waals surface area (Å²) in [6.45, 7) is 1.25. The highest BCUT2D eigenvalue weighted by Crippen LogP contribution is 2.19. The Bertz CT molecular complexity index is 285. The molecule has 0 aliphatic carbocycles. The van der Waals surface area contributed by atoms with Crippen molar-refractivity contribution in [1.82, 2.24) is 0 Å². The predicted octanol–water partition coefficient (Wildman–Crippen LogP) is 1.13. The number of para-hydroxylation sites is 2. The van der Waals surface area contributed by atoms with Crippen LogP contribution in [0.15, 0.2) is 24.3 Å². The summed E-state index contributed by atoms with van der Waals surface area (Å²) in [4.78, 5) is 19.3. The van der Waals surface area contributed by atoms with Crippen molar-refractivity contribution in [3.05, 3.63) is 24.3 Å². The maximum absolute atomic E-state index is 10.3. The van der Waals surface area contributed by atoms with Gasteiger partial charge in [0.2, 0.25) is 5.75 Å². The van der Waals surface area contributed by atoms with Crippen LogP contribution >= 0.6 is 0 Å².